The summed E-state index contributed by atoms with van der Waals surface area (Å²) in [6, 6.07) is -1.03. The van der Waals surface area contributed by atoms with E-state index in [-0.39, 0.29) is 19.4 Å². The molecular formula is C68H121NO10. The van der Waals surface area contributed by atoms with Gasteiger partial charge < -0.3 is 45.1 Å². The van der Waals surface area contributed by atoms with Crippen LogP contribution in [0.3, 0.4) is 0 Å². The number of esters is 1. The van der Waals surface area contributed by atoms with Crippen LogP contribution in [0.2, 0.25) is 0 Å². The monoisotopic (exact) mass is 1110 g/mol. The zero-order chi connectivity index (χ0) is 57.5. The molecule has 0 aromatic heterocycles. The Bertz CT molecular complexity index is 1560. The van der Waals surface area contributed by atoms with Crippen molar-refractivity contribution in [1.29, 1.82) is 0 Å². The molecule has 1 heterocycles. The minimum absolute atomic E-state index is 0.115. The molecule has 1 saturated heterocycles. The summed E-state index contributed by atoms with van der Waals surface area (Å²) >= 11 is 0. The minimum Gasteiger partial charge on any atom is -0.454 e. The lowest BCUT2D eigenvalue weighted by Crippen LogP contribution is -2.61. The molecule has 0 bridgehead atoms. The van der Waals surface area contributed by atoms with E-state index in [9.17, 15) is 35.1 Å². The Balaban J connectivity index is 2.64. The summed E-state index contributed by atoms with van der Waals surface area (Å²) in [5.41, 5.74) is 0. The summed E-state index contributed by atoms with van der Waals surface area (Å²) in [6.07, 6.45) is 60.7. The lowest BCUT2D eigenvalue weighted by atomic mass is 9.99. The van der Waals surface area contributed by atoms with Gasteiger partial charge in [0.15, 0.2) is 12.4 Å². The third kappa shape index (κ3) is 43.5. The summed E-state index contributed by atoms with van der Waals surface area (Å²) in [6.45, 7) is 5.73. The zero-order valence-electron chi connectivity index (χ0n) is 50.7. The molecule has 1 fully saturated rings. The van der Waals surface area contributed by atoms with E-state index >= 15 is 0 Å². The second-order valence-electron chi connectivity index (χ2n) is 22.5. The number of hydrogen-bond acceptors (Lipinski definition) is 10. The van der Waals surface area contributed by atoms with Crippen molar-refractivity contribution >= 4 is 11.9 Å². The summed E-state index contributed by atoms with van der Waals surface area (Å²) in [7, 11) is 0. The van der Waals surface area contributed by atoms with Crippen molar-refractivity contribution in [2.75, 3.05) is 13.2 Å². The van der Waals surface area contributed by atoms with E-state index in [1.54, 1.807) is 6.08 Å². The first-order chi connectivity index (χ1) is 38.7. The van der Waals surface area contributed by atoms with Crippen molar-refractivity contribution in [1.82, 2.24) is 5.32 Å². The van der Waals surface area contributed by atoms with Gasteiger partial charge in [-0.2, -0.15) is 0 Å². The molecule has 0 aliphatic carbocycles. The maximum atomic E-state index is 13.4. The molecule has 0 aromatic carbocycles. The molecule has 458 valence electrons. The Hall–Kier alpha value is -2.90. The molecule has 11 nitrogen and oxygen atoms in total. The van der Waals surface area contributed by atoms with Crippen LogP contribution in [-0.2, 0) is 23.8 Å². The van der Waals surface area contributed by atoms with E-state index in [2.05, 4.69) is 86.8 Å². The van der Waals surface area contributed by atoms with E-state index in [1.807, 2.05) is 6.08 Å². The molecule has 8 atom stereocenters. The van der Waals surface area contributed by atoms with Gasteiger partial charge in [-0.15, -0.1) is 0 Å². The Morgan fingerprint density at radius 1 is 0.506 bits per heavy atom. The Morgan fingerprint density at radius 2 is 0.911 bits per heavy atom. The maximum Gasteiger partial charge on any atom is 0.306 e. The van der Waals surface area contributed by atoms with Gasteiger partial charge in [0, 0.05) is 6.42 Å². The Labute approximate surface area is 483 Å². The predicted molar refractivity (Wildman–Crippen MR) is 329 cm³/mol. The summed E-state index contributed by atoms with van der Waals surface area (Å²) in [5, 5.41) is 57.0. The van der Waals surface area contributed by atoms with Gasteiger partial charge in [0.2, 0.25) is 5.91 Å². The molecule has 79 heavy (non-hydrogen) atoms. The lowest BCUT2D eigenvalue weighted by Gasteiger charge is -2.41. The highest BCUT2D eigenvalue weighted by Gasteiger charge is 2.47. The van der Waals surface area contributed by atoms with Gasteiger partial charge in [-0.05, 0) is 89.9 Å². The van der Waals surface area contributed by atoms with Crippen molar-refractivity contribution in [3.05, 3.63) is 72.9 Å². The number of amides is 1. The summed E-state index contributed by atoms with van der Waals surface area (Å²) < 4.78 is 17.6. The first-order valence-corrected chi connectivity index (χ1v) is 32.7. The number of nitrogens with one attached hydrogen (secondary N) is 1. The second kappa shape index (κ2) is 55.6. The van der Waals surface area contributed by atoms with E-state index in [0.29, 0.717) is 12.8 Å². The van der Waals surface area contributed by atoms with Crippen LogP contribution >= 0.6 is 0 Å². The largest absolute Gasteiger partial charge is 0.454 e. The van der Waals surface area contributed by atoms with Crippen LogP contribution in [0.4, 0.5) is 0 Å². The number of aliphatic hydroxyl groups is 5. The zero-order valence-corrected chi connectivity index (χ0v) is 50.7. The van der Waals surface area contributed by atoms with Crippen LogP contribution in [0.5, 0.6) is 0 Å². The van der Waals surface area contributed by atoms with Gasteiger partial charge >= 0.3 is 5.97 Å². The average Bonchev–Trinajstić information content (AvgIpc) is 3.50. The molecule has 8 unspecified atom stereocenters. The number of ether oxygens (including phenoxy) is 3. The van der Waals surface area contributed by atoms with E-state index in [4.69, 9.17) is 14.2 Å². The summed E-state index contributed by atoms with van der Waals surface area (Å²) in [5.74, 6) is -1.21. The third-order valence-electron chi connectivity index (χ3n) is 15.1. The number of carbonyl (C=O) groups is 2. The van der Waals surface area contributed by atoms with Crippen molar-refractivity contribution in [3.63, 3.8) is 0 Å². The quantitative estimate of drug-likeness (QED) is 0.0149. The SMILES string of the molecule is CCCCC/C=C\C/C=C\C/C=C\CCCCCCCCCCCCC(=O)OC1C(OCC(NC(=O)C(O)CCCCCCC/C=C/C=C/CCCCC)C(O)/C=C/CCCCCCCCCCCCC)OC(CO)C(O)C1O. The van der Waals surface area contributed by atoms with E-state index in [0.717, 1.165) is 96.3 Å². The van der Waals surface area contributed by atoms with Crippen molar-refractivity contribution in [3.8, 4) is 0 Å². The lowest BCUT2D eigenvalue weighted by molar-refractivity contribution is -0.305. The Morgan fingerprint density at radius 3 is 1.41 bits per heavy atom. The molecule has 1 amide bonds. The molecule has 0 saturated carbocycles. The molecule has 1 rings (SSSR count). The highest BCUT2D eigenvalue weighted by Crippen LogP contribution is 2.26. The highest BCUT2D eigenvalue weighted by atomic mass is 16.7. The van der Waals surface area contributed by atoms with Crippen LogP contribution in [0.15, 0.2) is 72.9 Å². The molecule has 1 aliphatic heterocycles. The second-order valence-corrected chi connectivity index (χ2v) is 22.5. The number of rotatable bonds is 55. The predicted octanol–water partition coefficient (Wildman–Crippen LogP) is 16.0. The van der Waals surface area contributed by atoms with Crippen molar-refractivity contribution < 1.29 is 49.3 Å². The number of aliphatic hydroxyl groups excluding tert-OH is 5. The van der Waals surface area contributed by atoms with Crippen LogP contribution in [0, 0.1) is 0 Å². The minimum atomic E-state index is -1.62. The Kier molecular flexibility index (Phi) is 52.2. The first kappa shape index (κ1) is 74.1. The van der Waals surface area contributed by atoms with Crippen LogP contribution < -0.4 is 5.32 Å². The van der Waals surface area contributed by atoms with Crippen molar-refractivity contribution in [2.24, 2.45) is 0 Å². The molecule has 6 N–H and O–H groups in total. The molecule has 11 heteroatoms. The third-order valence-corrected chi connectivity index (χ3v) is 15.1. The van der Waals surface area contributed by atoms with E-state index < -0.39 is 67.4 Å². The standard InChI is InChI=1S/C68H121NO10/c1-4-7-10-13-16-19-22-25-27-28-29-30-31-32-33-34-35-38-41-44-47-50-53-56-63(73)79-66-65(75)64(74)62(57-70)78-68(66)77-58-59(60(71)54-51-48-45-42-39-36-24-21-18-15-12-9-6-3)69-67(76)61(72)55-52-49-46-43-40-37-26-23-20-17-14-11-8-5-2/h16-17,19-20,23,25-27,29-30,51,54,59-62,64-66,68,70-72,74-75H,4-15,18,21-22,24,28,31-50,52-53,55-58H2,1-3H3,(H,69,76)/b19-16-,20-17+,26-23+,27-25-,30-29-,54-51+. The molecule has 1 aliphatic rings. The fourth-order valence-corrected chi connectivity index (χ4v) is 9.88. The van der Waals surface area contributed by atoms with Crippen LogP contribution in [-0.4, -0.2) is 99.6 Å². The molecule has 0 radical (unpaired) electrons. The number of unbranched alkanes of at least 4 members (excludes halogenated alkanes) is 32. The summed E-state index contributed by atoms with van der Waals surface area (Å²) in [4.78, 5) is 26.6. The number of hydrogen-bond donors (Lipinski definition) is 6. The van der Waals surface area contributed by atoms with Crippen LogP contribution in [0.25, 0.3) is 0 Å². The average molecular weight is 1110 g/mol. The molecule has 0 spiro atoms. The molecule has 0 aromatic rings. The van der Waals surface area contributed by atoms with E-state index in [1.165, 1.54) is 141 Å². The van der Waals surface area contributed by atoms with Gasteiger partial charge in [0.1, 0.15) is 24.4 Å². The fraction of sp³-hybridized carbons (Fsp3) is 0.794. The maximum absolute atomic E-state index is 13.4. The van der Waals surface area contributed by atoms with Crippen LogP contribution in [0.1, 0.15) is 284 Å². The van der Waals surface area contributed by atoms with Crippen molar-refractivity contribution in [2.45, 2.75) is 333 Å². The first-order valence-electron chi connectivity index (χ1n) is 32.7. The fourth-order valence-electron chi connectivity index (χ4n) is 9.88. The van der Waals surface area contributed by atoms with Gasteiger partial charge in [-0.25, -0.2) is 0 Å². The molecular weight excluding hydrogens is 991 g/mol. The van der Waals surface area contributed by atoms with Gasteiger partial charge in [-0.1, -0.05) is 261 Å². The normalized spacial score (nSPS) is 19.3. The highest BCUT2D eigenvalue weighted by molar-refractivity contribution is 5.80. The number of carbonyl (C=O) groups excluding carboxylic acids is 2. The van der Waals surface area contributed by atoms with Gasteiger partial charge in [0.25, 0.3) is 0 Å². The number of allylic oxidation sites excluding steroid dienone is 11. The van der Waals surface area contributed by atoms with Gasteiger partial charge in [-0.3, -0.25) is 9.59 Å². The smallest absolute Gasteiger partial charge is 0.306 e. The van der Waals surface area contributed by atoms with Gasteiger partial charge in [0.05, 0.1) is 25.4 Å². The topological polar surface area (TPSA) is 175 Å².